The molecule has 0 spiro atoms. The highest BCUT2D eigenvalue weighted by Gasteiger charge is 2.33. The average Bonchev–Trinajstić information content (AvgIpc) is 2.89. The van der Waals surface area contributed by atoms with Gasteiger partial charge in [0.1, 0.15) is 12.6 Å². The number of anilines is 1. The summed E-state index contributed by atoms with van der Waals surface area (Å²) in [6.45, 7) is 5.39. The Balaban J connectivity index is 2.06. The third kappa shape index (κ3) is 7.07. The van der Waals surface area contributed by atoms with Gasteiger partial charge in [-0.3, -0.25) is 13.9 Å². The molecule has 1 atom stereocenters. The number of amides is 2. The Kier molecular flexibility index (Phi) is 10.2. The molecule has 0 aliphatic rings. The molecule has 1 N–H and O–H groups in total. The van der Waals surface area contributed by atoms with E-state index in [0.717, 1.165) is 9.87 Å². The molecule has 0 heterocycles. The molecule has 0 bridgehead atoms. The van der Waals surface area contributed by atoms with Crippen LogP contribution in [-0.4, -0.2) is 44.3 Å². The Morgan fingerprint density at radius 3 is 2.13 bits per heavy atom. The minimum absolute atomic E-state index is 0.0105. The summed E-state index contributed by atoms with van der Waals surface area (Å²) < 4.78 is 28.6. The summed E-state index contributed by atoms with van der Waals surface area (Å²) in [6, 6.07) is 18.8. The van der Waals surface area contributed by atoms with Gasteiger partial charge >= 0.3 is 0 Å². The summed E-state index contributed by atoms with van der Waals surface area (Å²) in [5.74, 6) is -0.862. The second-order valence-electron chi connectivity index (χ2n) is 8.73. The SMILES string of the molecule is CCNC(=O)[C@H](CC)N(Cc1ccccc1Cl)C(=O)CN(c1ccc(C)cc1)S(=O)(=O)c1ccc(Cl)cc1. The van der Waals surface area contributed by atoms with Crippen molar-refractivity contribution >= 4 is 50.7 Å². The van der Waals surface area contributed by atoms with Crippen molar-refractivity contribution in [3.05, 3.63) is 94.0 Å². The van der Waals surface area contributed by atoms with Crippen molar-refractivity contribution in [2.45, 2.75) is 44.7 Å². The molecule has 0 saturated carbocycles. The molecule has 3 aromatic carbocycles. The number of nitrogens with one attached hydrogen (secondary N) is 1. The van der Waals surface area contributed by atoms with Gasteiger partial charge < -0.3 is 10.2 Å². The Hall–Kier alpha value is -3.07. The van der Waals surface area contributed by atoms with Crippen LogP contribution in [0.3, 0.4) is 0 Å². The standard InChI is InChI=1S/C28H31Cl2N3O4S/c1-4-26(28(35)31-5-2)32(18-21-8-6-7-9-25(21)30)27(34)19-33(23-14-10-20(3)11-15-23)38(36,37)24-16-12-22(29)13-17-24/h6-17,26H,4-5,18-19H2,1-3H3,(H,31,35)/t26-/m0/s1. The van der Waals surface area contributed by atoms with Gasteiger partial charge in [-0.1, -0.05) is 66.0 Å². The lowest BCUT2D eigenvalue weighted by molar-refractivity contribution is -0.140. The highest BCUT2D eigenvalue weighted by molar-refractivity contribution is 7.92. The number of hydrogen-bond donors (Lipinski definition) is 1. The Morgan fingerprint density at radius 1 is 0.921 bits per heavy atom. The van der Waals surface area contributed by atoms with Gasteiger partial charge in [0, 0.05) is 23.1 Å². The first-order valence-electron chi connectivity index (χ1n) is 12.2. The Labute approximate surface area is 234 Å². The number of carbonyl (C=O) groups is 2. The van der Waals surface area contributed by atoms with Crippen molar-refractivity contribution in [1.82, 2.24) is 10.2 Å². The van der Waals surface area contributed by atoms with Gasteiger partial charge in [-0.2, -0.15) is 0 Å². The van der Waals surface area contributed by atoms with Gasteiger partial charge in [0.2, 0.25) is 11.8 Å². The average molecular weight is 577 g/mol. The molecule has 0 aliphatic heterocycles. The maximum atomic E-state index is 13.9. The largest absolute Gasteiger partial charge is 0.355 e. The number of carbonyl (C=O) groups excluding carboxylic acids is 2. The van der Waals surface area contributed by atoms with Gasteiger partial charge in [0.25, 0.3) is 10.0 Å². The molecular formula is C28H31Cl2N3O4S. The quantitative estimate of drug-likeness (QED) is 0.330. The van der Waals surface area contributed by atoms with Crippen LogP contribution in [0.4, 0.5) is 5.69 Å². The zero-order valence-corrected chi connectivity index (χ0v) is 23.9. The van der Waals surface area contributed by atoms with Crippen molar-refractivity contribution in [3.8, 4) is 0 Å². The third-order valence-corrected chi connectivity index (χ3v) is 8.45. The molecule has 2 amide bonds. The molecule has 10 heteroatoms. The molecule has 7 nitrogen and oxygen atoms in total. The normalized spacial score (nSPS) is 12.0. The van der Waals surface area contributed by atoms with Crippen LogP contribution in [0.25, 0.3) is 0 Å². The summed E-state index contributed by atoms with van der Waals surface area (Å²) in [6.07, 6.45) is 0.330. The minimum Gasteiger partial charge on any atom is -0.355 e. The van der Waals surface area contributed by atoms with Crippen LogP contribution in [0.15, 0.2) is 77.7 Å². The molecule has 0 aliphatic carbocycles. The predicted molar refractivity (Wildman–Crippen MR) is 152 cm³/mol. The van der Waals surface area contributed by atoms with Crippen LogP contribution in [0, 0.1) is 6.92 Å². The summed E-state index contributed by atoms with van der Waals surface area (Å²) >= 11 is 12.4. The van der Waals surface area contributed by atoms with Crippen LogP contribution in [0.1, 0.15) is 31.4 Å². The molecule has 0 saturated heterocycles. The molecule has 202 valence electrons. The molecular weight excluding hydrogens is 545 g/mol. The summed E-state index contributed by atoms with van der Waals surface area (Å²) in [5, 5.41) is 3.61. The zero-order chi connectivity index (χ0) is 27.9. The van der Waals surface area contributed by atoms with Gasteiger partial charge in [-0.15, -0.1) is 0 Å². The van der Waals surface area contributed by atoms with E-state index in [1.54, 1.807) is 62.4 Å². The first-order valence-corrected chi connectivity index (χ1v) is 14.4. The first kappa shape index (κ1) is 29.5. The molecule has 3 rings (SSSR count). The number of aryl methyl sites for hydroxylation is 1. The Morgan fingerprint density at radius 2 is 1.55 bits per heavy atom. The smallest absolute Gasteiger partial charge is 0.264 e. The monoisotopic (exact) mass is 575 g/mol. The van der Waals surface area contributed by atoms with Gasteiger partial charge in [-0.25, -0.2) is 8.42 Å². The van der Waals surface area contributed by atoms with Crippen LogP contribution < -0.4 is 9.62 Å². The number of benzene rings is 3. The number of likely N-dealkylation sites (N-methyl/N-ethyl adjacent to an activating group) is 1. The fourth-order valence-corrected chi connectivity index (χ4v) is 5.73. The number of halogens is 2. The number of nitrogens with zero attached hydrogens (tertiary/aromatic N) is 2. The van der Waals surface area contributed by atoms with Gasteiger partial charge in [0.15, 0.2) is 0 Å². The lowest BCUT2D eigenvalue weighted by Crippen LogP contribution is -2.52. The fraction of sp³-hybridized carbons (Fsp3) is 0.286. The van der Waals surface area contributed by atoms with Gasteiger partial charge in [-0.05, 0) is 68.3 Å². The highest BCUT2D eigenvalue weighted by Crippen LogP contribution is 2.27. The molecule has 0 aromatic heterocycles. The molecule has 38 heavy (non-hydrogen) atoms. The van der Waals surface area contributed by atoms with E-state index in [9.17, 15) is 18.0 Å². The van der Waals surface area contributed by atoms with Crippen molar-refractivity contribution < 1.29 is 18.0 Å². The summed E-state index contributed by atoms with van der Waals surface area (Å²) in [7, 11) is -4.16. The molecule has 0 fully saturated rings. The van der Waals surface area contributed by atoms with E-state index >= 15 is 0 Å². The maximum absolute atomic E-state index is 13.9. The van der Waals surface area contributed by atoms with Crippen LogP contribution in [0.5, 0.6) is 0 Å². The minimum atomic E-state index is -4.16. The molecule has 3 aromatic rings. The van der Waals surface area contributed by atoms with Crippen LogP contribution in [0.2, 0.25) is 10.0 Å². The van der Waals surface area contributed by atoms with E-state index in [-0.39, 0.29) is 17.3 Å². The second-order valence-corrected chi connectivity index (χ2v) is 11.4. The summed E-state index contributed by atoms with van der Waals surface area (Å²) in [4.78, 5) is 28.3. The fourth-order valence-electron chi connectivity index (χ4n) is 4.00. The van der Waals surface area contributed by atoms with E-state index in [4.69, 9.17) is 23.2 Å². The van der Waals surface area contributed by atoms with E-state index < -0.39 is 28.5 Å². The molecule has 0 unspecified atom stereocenters. The van der Waals surface area contributed by atoms with Crippen molar-refractivity contribution in [1.29, 1.82) is 0 Å². The first-order chi connectivity index (χ1) is 18.1. The van der Waals surface area contributed by atoms with E-state index in [1.807, 2.05) is 6.92 Å². The van der Waals surface area contributed by atoms with E-state index in [1.165, 1.54) is 29.2 Å². The van der Waals surface area contributed by atoms with Gasteiger partial charge in [0.05, 0.1) is 10.6 Å². The van der Waals surface area contributed by atoms with E-state index in [0.29, 0.717) is 34.3 Å². The second kappa shape index (κ2) is 13.1. The lowest BCUT2D eigenvalue weighted by atomic mass is 10.1. The predicted octanol–water partition coefficient (Wildman–Crippen LogP) is 5.44. The van der Waals surface area contributed by atoms with Crippen molar-refractivity contribution in [2.24, 2.45) is 0 Å². The maximum Gasteiger partial charge on any atom is 0.264 e. The third-order valence-electron chi connectivity index (χ3n) is 6.04. The molecule has 0 radical (unpaired) electrons. The lowest BCUT2D eigenvalue weighted by Gasteiger charge is -2.33. The topological polar surface area (TPSA) is 86.8 Å². The van der Waals surface area contributed by atoms with Crippen molar-refractivity contribution in [2.75, 3.05) is 17.4 Å². The Bertz CT molecular complexity index is 1360. The van der Waals surface area contributed by atoms with Crippen molar-refractivity contribution in [3.63, 3.8) is 0 Å². The van der Waals surface area contributed by atoms with Crippen LogP contribution >= 0.6 is 23.2 Å². The number of sulfonamides is 1. The van der Waals surface area contributed by atoms with E-state index in [2.05, 4.69) is 5.32 Å². The highest BCUT2D eigenvalue weighted by atomic mass is 35.5. The summed E-state index contributed by atoms with van der Waals surface area (Å²) in [5.41, 5.74) is 1.90. The number of rotatable bonds is 11. The number of hydrogen-bond acceptors (Lipinski definition) is 4. The zero-order valence-electron chi connectivity index (χ0n) is 21.5. The van der Waals surface area contributed by atoms with Crippen LogP contribution in [-0.2, 0) is 26.2 Å².